The van der Waals surface area contributed by atoms with Crippen LogP contribution in [0.2, 0.25) is 0 Å². The van der Waals surface area contributed by atoms with Gasteiger partial charge in [-0.25, -0.2) is 18.2 Å². The Morgan fingerprint density at radius 3 is 2.32 bits per heavy atom. The number of amides is 1. The van der Waals surface area contributed by atoms with Gasteiger partial charge in [0.15, 0.2) is 0 Å². The summed E-state index contributed by atoms with van der Waals surface area (Å²) >= 11 is 0. The highest BCUT2D eigenvalue weighted by atomic mass is 31.3. The molecule has 0 aliphatic rings. The molecule has 2 atom stereocenters. The molecule has 5 N–H and O–H groups in total. The molecule has 0 bridgehead atoms. The lowest BCUT2D eigenvalue weighted by Gasteiger charge is -2.16. The van der Waals surface area contributed by atoms with E-state index in [-0.39, 0.29) is 19.0 Å². The van der Waals surface area contributed by atoms with Crippen molar-refractivity contribution in [3.05, 3.63) is 70.8 Å². The van der Waals surface area contributed by atoms with Gasteiger partial charge in [-0.2, -0.15) is 9.29 Å². The van der Waals surface area contributed by atoms with Gasteiger partial charge in [0.2, 0.25) is 0 Å². The third-order valence-corrected chi connectivity index (χ3v) is 7.56. The number of nitrogens with zero attached hydrogens (tertiary/aromatic N) is 2. The minimum atomic E-state index is -5.52. The average molecular weight is 539 g/mol. The molecule has 2 unspecified atom stereocenters. The van der Waals surface area contributed by atoms with Gasteiger partial charge in [-0.3, -0.25) is 13.9 Å². The second kappa shape index (κ2) is 11.9. The fourth-order valence-corrected chi connectivity index (χ4v) is 5.52. The number of carbonyl (C=O) groups is 1. The molecule has 0 radical (unpaired) electrons. The number of carbonyl (C=O) groups excluding carboxylic acids is 1. The van der Waals surface area contributed by atoms with Crippen LogP contribution in [0, 0.1) is 0 Å². The van der Waals surface area contributed by atoms with E-state index in [0.29, 0.717) is 5.56 Å². The molecule has 2 aromatic rings. The van der Waals surface area contributed by atoms with Crippen LogP contribution in [-0.2, 0) is 33.6 Å². The van der Waals surface area contributed by atoms with Gasteiger partial charge in [0.05, 0.1) is 6.61 Å². The minimum absolute atomic E-state index is 0.0390. The Morgan fingerprint density at radius 1 is 1.03 bits per heavy atom. The smallest absolute Gasteiger partial charge is 0.365 e. The van der Waals surface area contributed by atoms with Crippen LogP contribution >= 0.6 is 23.2 Å². The molecule has 0 aliphatic carbocycles. The van der Waals surface area contributed by atoms with Crippen molar-refractivity contribution < 1.29 is 51.4 Å². The number of aromatic nitrogens is 2. The van der Waals surface area contributed by atoms with E-state index in [1.807, 2.05) is 0 Å². The highest BCUT2D eigenvalue weighted by molar-refractivity contribution is 7.68. The lowest BCUT2D eigenvalue weighted by Crippen LogP contribution is -2.24. The Hall–Kier alpha value is -2.28. The molecule has 1 amide bonds. The summed E-state index contributed by atoms with van der Waals surface area (Å²) in [6.45, 7) is -0.242. The molecule has 1 aromatic carbocycles. The monoisotopic (exact) mass is 539 g/mol. The SMILES string of the molecule is O=C(Nc1ccn(C/C=C\COCP(=O)(O)OP(=O)(O)OP(=O)(O)O)c(=O)n1)c1ccccc1. The summed E-state index contributed by atoms with van der Waals surface area (Å²) in [5, 5.41) is 2.50. The van der Waals surface area contributed by atoms with Crippen molar-refractivity contribution in [1.29, 1.82) is 0 Å². The van der Waals surface area contributed by atoms with E-state index in [1.165, 1.54) is 29.0 Å². The number of rotatable bonds is 12. The normalized spacial score (nSPS) is 15.5. The predicted molar refractivity (Wildman–Crippen MR) is 117 cm³/mol. The number of hydrogen-bond acceptors (Lipinski definition) is 9. The van der Waals surface area contributed by atoms with E-state index in [4.69, 9.17) is 19.4 Å². The van der Waals surface area contributed by atoms with Crippen LogP contribution in [0.4, 0.5) is 5.82 Å². The third-order valence-electron chi connectivity index (χ3n) is 3.53. The van der Waals surface area contributed by atoms with E-state index in [9.17, 15) is 28.2 Å². The van der Waals surface area contributed by atoms with Gasteiger partial charge in [0.25, 0.3) is 5.91 Å². The molecule has 0 fully saturated rings. The number of ether oxygens (including phenoxy) is 1. The van der Waals surface area contributed by atoms with Gasteiger partial charge in [-0.1, -0.05) is 30.4 Å². The number of anilines is 1. The maximum atomic E-state index is 12.1. The van der Waals surface area contributed by atoms with Crippen molar-refractivity contribution in [3.63, 3.8) is 0 Å². The Kier molecular flexibility index (Phi) is 9.80. The van der Waals surface area contributed by atoms with Crippen LogP contribution < -0.4 is 11.0 Å². The van der Waals surface area contributed by atoms with Crippen LogP contribution in [0.15, 0.2) is 59.5 Å². The minimum Gasteiger partial charge on any atom is -0.365 e. The van der Waals surface area contributed by atoms with Crippen LogP contribution in [0.3, 0.4) is 0 Å². The molecular formula is C16H20N3O12P3. The van der Waals surface area contributed by atoms with E-state index in [1.54, 1.807) is 30.3 Å². The first-order valence-corrected chi connectivity index (χ1v) is 13.8. The fourth-order valence-electron chi connectivity index (χ4n) is 2.24. The molecule has 0 spiro atoms. The largest absolute Gasteiger partial charge is 0.488 e. The van der Waals surface area contributed by atoms with Crippen molar-refractivity contribution in [2.24, 2.45) is 0 Å². The predicted octanol–water partition coefficient (Wildman–Crippen LogP) is 1.44. The van der Waals surface area contributed by atoms with E-state index >= 15 is 0 Å². The van der Waals surface area contributed by atoms with Crippen LogP contribution in [0.5, 0.6) is 0 Å². The summed E-state index contributed by atoms with van der Waals surface area (Å²) in [5.74, 6) is -0.372. The highest BCUT2D eigenvalue weighted by Gasteiger charge is 2.39. The van der Waals surface area contributed by atoms with E-state index in [0.717, 1.165) is 0 Å². The Labute approximate surface area is 192 Å². The lowest BCUT2D eigenvalue weighted by atomic mass is 10.2. The quantitative estimate of drug-likeness (QED) is 0.146. The molecule has 15 nitrogen and oxygen atoms in total. The maximum Gasteiger partial charge on any atom is 0.488 e. The summed E-state index contributed by atoms with van der Waals surface area (Å²) in [6.07, 6.45) is 3.09. The topological polar surface area (TPSA) is 224 Å². The zero-order valence-corrected chi connectivity index (χ0v) is 19.8. The van der Waals surface area contributed by atoms with Crippen molar-refractivity contribution in [1.82, 2.24) is 9.55 Å². The first-order valence-electron chi connectivity index (χ1n) is 9.06. The number of phosphoric acid groups is 2. The Morgan fingerprint density at radius 2 is 1.71 bits per heavy atom. The molecule has 186 valence electrons. The van der Waals surface area contributed by atoms with Crippen LogP contribution in [-0.4, -0.2) is 48.0 Å². The summed E-state index contributed by atoms with van der Waals surface area (Å²) in [5.41, 5.74) is -0.265. The molecule has 2 rings (SSSR count). The molecule has 1 heterocycles. The van der Waals surface area contributed by atoms with Gasteiger partial charge in [0.1, 0.15) is 12.2 Å². The van der Waals surface area contributed by atoms with E-state index < -0.39 is 41.2 Å². The zero-order valence-electron chi connectivity index (χ0n) is 17.1. The third kappa shape index (κ3) is 10.3. The molecule has 0 saturated carbocycles. The average Bonchev–Trinajstić information content (AvgIpc) is 2.69. The summed E-state index contributed by atoms with van der Waals surface area (Å²) in [7, 11) is -15.9. The van der Waals surface area contributed by atoms with Gasteiger partial charge < -0.3 is 29.6 Å². The summed E-state index contributed by atoms with van der Waals surface area (Å²) in [4.78, 5) is 63.3. The van der Waals surface area contributed by atoms with Crippen LogP contribution in [0.25, 0.3) is 0 Å². The Balaban J connectivity index is 1.81. The molecule has 0 saturated heterocycles. The van der Waals surface area contributed by atoms with Gasteiger partial charge in [-0.05, 0) is 18.2 Å². The molecule has 0 aliphatic heterocycles. The summed E-state index contributed by atoms with van der Waals surface area (Å²) < 4.78 is 46.7. The van der Waals surface area contributed by atoms with Crippen molar-refractivity contribution >= 4 is 35.0 Å². The fraction of sp³-hybridized carbons (Fsp3) is 0.188. The van der Waals surface area contributed by atoms with Crippen molar-refractivity contribution in [3.8, 4) is 0 Å². The van der Waals surface area contributed by atoms with Gasteiger partial charge >= 0.3 is 28.9 Å². The molecule has 18 heteroatoms. The van der Waals surface area contributed by atoms with Gasteiger partial charge in [-0.15, -0.1) is 0 Å². The molecule has 34 heavy (non-hydrogen) atoms. The van der Waals surface area contributed by atoms with E-state index in [2.05, 4.69) is 18.9 Å². The maximum absolute atomic E-state index is 12.1. The second-order valence-corrected chi connectivity index (χ2v) is 11.1. The number of nitrogens with one attached hydrogen (secondary N) is 1. The highest BCUT2D eigenvalue weighted by Crippen LogP contribution is 2.65. The van der Waals surface area contributed by atoms with Gasteiger partial charge in [0, 0.05) is 18.3 Å². The standard InChI is InChI=1S/C16H20N3O12P3/c20-15(13-6-2-1-3-7-13)17-14-8-10-19(16(21)18-14)9-4-5-11-29-12-32(22,23)30-34(27,28)31-33(24,25)26/h1-8,10H,9,11-12H2,(H,22,23)(H,27,28)(H2,24,25,26)(H,17,18,20,21)/b5-4-. The van der Waals surface area contributed by atoms with Crippen molar-refractivity contribution in [2.75, 3.05) is 18.3 Å². The Bertz CT molecular complexity index is 1230. The first kappa shape index (κ1) is 28.0. The number of benzene rings is 1. The van der Waals surface area contributed by atoms with Crippen molar-refractivity contribution in [2.45, 2.75) is 6.54 Å². The number of hydrogen-bond donors (Lipinski definition) is 5. The number of allylic oxidation sites excluding steroid dienone is 1. The van der Waals surface area contributed by atoms with Crippen LogP contribution in [0.1, 0.15) is 10.4 Å². The second-order valence-electron chi connectivity index (χ2n) is 6.30. The zero-order chi connectivity index (χ0) is 25.4. The molecular weight excluding hydrogens is 519 g/mol. The summed E-state index contributed by atoms with van der Waals surface area (Å²) in [6, 6.07) is 9.75. The first-order chi connectivity index (χ1) is 15.8. The lowest BCUT2D eigenvalue weighted by molar-refractivity contribution is 0.102. The molecule has 1 aromatic heterocycles.